The predicted octanol–water partition coefficient (Wildman–Crippen LogP) is 7.02. The number of fused-ring (bicyclic) bond motifs is 1. The molecule has 0 aliphatic carbocycles. The fraction of sp³-hybridized carbons (Fsp3) is 0.308. The predicted molar refractivity (Wildman–Crippen MR) is 131 cm³/mol. The Hall–Kier alpha value is -1.50. The molecule has 1 aliphatic rings. The molecule has 1 nitrogen and oxygen atoms in total. The van der Waals surface area contributed by atoms with Crippen molar-refractivity contribution < 1.29 is 29.4 Å². The van der Waals surface area contributed by atoms with Crippen LogP contribution in [0.1, 0.15) is 37.5 Å². The minimum atomic E-state index is -5.88. The molecule has 1 aliphatic heterocycles. The molecule has 4 rings (SSSR count). The number of halogens is 7. The van der Waals surface area contributed by atoms with E-state index in [4.69, 9.17) is 3.02 Å². The van der Waals surface area contributed by atoms with Crippen LogP contribution in [0.2, 0.25) is 0 Å². The summed E-state index contributed by atoms with van der Waals surface area (Å²) in [6.07, 6.45) is -11.5. The molecule has 3 aromatic rings. The van der Waals surface area contributed by atoms with Crippen LogP contribution in [0.4, 0.5) is 26.3 Å². The van der Waals surface area contributed by atoms with E-state index in [1.807, 2.05) is 20.8 Å². The van der Waals surface area contributed by atoms with Crippen LogP contribution in [0.5, 0.6) is 0 Å². The van der Waals surface area contributed by atoms with Crippen LogP contribution in [0, 0.1) is 0 Å². The molecule has 0 spiro atoms. The summed E-state index contributed by atoms with van der Waals surface area (Å²) in [5, 5.41) is 0. The first-order valence-corrected chi connectivity index (χ1v) is 22.0. The summed E-state index contributed by atoms with van der Waals surface area (Å²) in [7, 11) is 0. The third kappa shape index (κ3) is 4.04. The van der Waals surface area contributed by atoms with Gasteiger partial charge in [-0.05, 0) is 0 Å². The van der Waals surface area contributed by atoms with Crippen LogP contribution >= 0.6 is 12.6 Å². The molecular weight excluding hydrogens is 644 g/mol. The average molecular weight is 668 g/mol. The van der Waals surface area contributed by atoms with Gasteiger partial charge in [-0.15, -0.1) is 0 Å². The maximum absolute atomic E-state index is 14.5. The second kappa shape index (κ2) is 8.25. The molecule has 0 saturated heterocycles. The Kier molecular flexibility index (Phi) is 6.26. The van der Waals surface area contributed by atoms with Gasteiger partial charge in [0, 0.05) is 0 Å². The molecule has 0 N–H and O–H groups in total. The Balaban J connectivity index is 2.10. The van der Waals surface area contributed by atoms with Gasteiger partial charge in [0.25, 0.3) is 0 Å². The average Bonchev–Trinajstić information content (AvgIpc) is 3.02. The minimum absolute atomic E-state index is 0.0395. The van der Waals surface area contributed by atoms with Gasteiger partial charge in [-0.1, -0.05) is 0 Å². The van der Waals surface area contributed by atoms with E-state index in [-0.39, 0.29) is 13.3 Å². The molecule has 1 heterocycles. The van der Waals surface area contributed by atoms with Crippen LogP contribution in [-0.4, -0.2) is 27.9 Å². The molecule has 0 bridgehead atoms. The zero-order valence-corrected chi connectivity index (χ0v) is 23.4. The van der Waals surface area contributed by atoms with Gasteiger partial charge in [0.15, 0.2) is 0 Å². The van der Waals surface area contributed by atoms with Crippen molar-refractivity contribution in [1.29, 1.82) is 0 Å². The van der Waals surface area contributed by atoms with Crippen molar-refractivity contribution in [1.82, 2.24) is 0 Å². The molecule has 0 saturated carbocycles. The molecular formula is C26H24BrF6OSb. The topological polar surface area (TPSA) is 9.23 Å². The van der Waals surface area contributed by atoms with Crippen LogP contribution in [0.3, 0.4) is 0 Å². The van der Waals surface area contributed by atoms with E-state index in [0.29, 0.717) is 9.07 Å². The summed E-state index contributed by atoms with van der Waals surface area (Å²) in [6.45, 7) is 5.94. The first-order valence-electron chi connectivity index (χ1n) is 10.9. The molecule has 188 valence electrons. The molecule has 0 radical (unpaired) electrons. The Morgan fingerprint density at radius 1 is 0.743 bits per heavy atom. The summed E-state index contributed by atoms with van der Waals surface area (Å²) < 4.78 is 93.2. The van der Waals surface area contributed by atoms with Gasteiger partial charge in [-0.2, -0.15) is 0 Å². The number of hydrogen-bond donors (Lipinski definition) is 0. The fourth-order valence-corrected chi connectivity index (χ4v) is 24.5. The Morgan fingerprint density at radius 2 is 1.26 bits per heavy atom. The molecule has 9 heteroatoms. The third-order valence-corrected chi connectivity index (χ3v) is 26.6. The van der Waals surface area contributed by atoms with E-state index in [1.165, 1.54) is 18.2 Å². The molecule has 3 aromatic carbocycles. The second-order valence-electron chi connectivity index (χ2n) is 9.82. The number of rotatable bonds is 3. The number of hydrogen-bond acceptors (Lipinski definition) is 1. The summed E-state index contributed by atoms with van der Waals surface area (Å²) in [5.74, 6) is 0. The van der Waals surface area contributed by atoms with Crippen LogP contribution < -0.4 is 7.02 Å². The molecule has 0 amide bonds. The molecule has 0 unspecified atom stereocenters. The second-order valence-corrected chi connectivity index (χ2v) is 30.4. The Morgan fingerprint density at radius 3 is 1.77 bits per heavy atom. The molecule has 0 atom stereocenters. The van der Waals surface area contributed by atoms with Crippen molar-refractivity contribution in [3.8, 4) is 0 Å². The summed E-state index contributed by atoms with van der Waals surface area (Å²) in [5.41, 5.74) is -4.11. The maximum atomic E-state index is 14.5. The van der Waals surface area contributed by atoms with Crippen LogP contribution in [0.25, 0.3) is 0 Å². The summed E-state index contributed by atoms with van der Waals surface area (Å²) >= 11 is -2.26. The van der Waals surface area contributed by atoms with Gasteiger partial charge in [0.2, 0.25) is 0 Å². The summed E-state index contributed by atoms with van der Waals surface area (Å²) in [4.78, 5) is 0. The van der Waals surface area contributed by atoms with E-state index in [1.54, 1.807) is 54.6 Å². The van der Waals surface area contributed by atoms with Gasteiger partial charge < -0.3 is 0 Å². The summed E-state index contributed by atoms with van der Waals surface area (Å²) in [6, 6.07) is 20.2. The first kappa shape index (κ1) is 26.6. The van der Waals surface area contributed by atoms with E-state index >= 15 is 0 Å². The monoisotopic (exact) mass is 666 g/mol. The van der Waals surface area contributed by atoms with Gasteiger partial charge in [-0.25, -0.2) is 0 Å². The fourth-order valence-electron chi connectivity index (χ4n) is 4.68. The molecule has 35 heavy (non-hydrogen) atoms. The number of benzene rings is 3. The normalized spacial score (nSPS) is 20.0. The third-order valence-electron chi connectivity index (χ3n) is 6.45. The Labute approximate surface area is 207 Å². The zero-order chi connectivity index (χ0) is 25.9. The molecule has 0 aromatic heterocycles. The van der Waals surface area contributed by atoms with Gasteiger partial charge in [0.1, 0.15) is 0 Å². The van der Waals surface area contributed by atoms with Crippen molar-refractivity contribution >= 4 is 35.2 Å². The Bertz CT molecular complexity index is 1220. The zero-order valence-electron chi connectivity index (χ0n) is 19.2. The van der Waals surface area contributed by atoms with Crippen molar-refractivity contribution in [3.05, 3.63) is 95.6 Å². The van der Waals surface area contributed by atoms with Crippen molar-refractivity contribution in [3.63, 3.8) is 0 Å². The van der Waals surface area contributed by atoms with E-state index in [2.05, 4.69) is 12.6 Å². The van der Waals surface area contributed by atoms with Crippen molar-refractivity contribution in [2.24, 2.45) is 0 Å². The van der Waals surface area contributed by atoms with Crippen molar-refractivity contribution in [2.75, 3.05) is 0 Å². The van der Waals surface area contributed by atoms with Gasteiger partial charge in [-0.3, -0.25) is 0 Å². The standard InChI is InChI=1S/C10H13.C9H4F6O.C7H7.BrH.Sb/c1-10(2,3)9-7-5-4-6-8-9;10-8(11,12)7(16,9(13,14)15)6-4-2-1-3-5-6;1-7-5-3-2-4-6-7;;/h5-8H,1-3H3;1-4H;2-6H,1H2;1H;/q;-1;;;+2/p-1. The van der Waals surface area contributed by atoms with E-state index in [9.17, 15) is 26.3 Å². The van der Waals surface area contributed by atoms with E-state index < -0.39 is 39.1 Å². The van der Waals surface area contributed by atoms with Gasteiger partial charge >= 0.3 is 209 Å². The van der Waals surface area contributed by atoms with Crippen LogP contribution in [0.15, 0.2) is 78.9 Å². The molecule has 0 fully saturated rings. The quantitative estimate of drug-likeness (QED) is 0.216. The van der Waals surface area contributed by atoms with Crippen LogP contribution in [-0.2, 0) is 18.4 Å². The van der Waals surface area contributed by atoms with E-state index in [0.717, 1.165) is 11.6 Å². The number of alkyl halides is 6. The van der Waals surface area contributed by atoms with Gasteiger partial charge in [0.05, 0.1) is 0 Å². The first-order chi connectivity index (χ1) is 16.0. The van der Waals surface area contributed by atoms with Crippen molar-refractivity contribution in [2.45, 2.75) is 48.5 Å². The SMILES string of the molecule is CC(C)(C)c1cc[c]([Sb]2([Br])([CH2]c3ccccc3)[O]C(C(F)(F)F)(C(F)(F)F)c3cccc[c]32)cc1.